The van der Waals surface area contributed by atoms with Crippen molar-refractivity contribution >= 4 is 0 Å². The first-order chi connectivity index (χ1) is 4.75. The highest BCUT2D eigenvalue weighted by Crippen LogP contribution is 2.20. The highest BCUT2D eigenvalue weighted by atomic mass is 19.1. The van der Waals surface area contributed by atoms with Crippen molar-refractivity contribution in [2.24, 2.45) is 0 Å². The minimum Gasteiger partial charge on any atom is -0.303 e. The molecule has 0 atom stereocenters. The van der Waals surface area contributed by atoms with Gasteiger partial charge >= 0.3 is 0 Å². The summed E-state index contributed by atoms with van der Waals surface area (Å²) >= 11 is 0. The van der Waals surface area contributed by atoms with E-state index in [4.69, 9.17) is 0 Å². The van der Waals surface area contributed by atoms with E-state index < -0.39 is 6.17 Å². The summed E-state index contributed by atoms with van der Waals surface area (Å²) in [6.07, 6.45) is -0.536. The summed E-state index contributed by atoms with van der Waals surface area (Å²) in [6.45, 7) is 3.62. The molecule has 0 N–H and O–H groups in total. The zero-order valence-electron chi connectivity index (χ0n) is 6.26. The molecule has 0 unspecified atom stereocenters. The lowest BCUT2D eigenvalue weighted by molar-refractivity contribution is -0.0321. The van der Waals surface area contributed by atoms with E-state index in [9.17, 15) is 4.39 Å². The van der Waals surface area contributed by atoms with Gasteiger partial charge in [-0.15, -0.1) is 0 Å². The van der Waals surface area contributed by atoms with Crippen LogP contribution in [-0.4, -0.2) is 55.2 Å². The van der Waals surface area contributed by atoms with Crippen molar-refractivity contribution in [1.29, 1.82) is 0 Å². The van der Waals surface area contributed by atoms with Crippen LogP contribution in [0.1, 0.15) is 0 Å². The molecule has 0 spiro atoms. The summed E-state index contributed by atoms with van der Waals surface area (Å²) in [5, 5.41) is 0. The van der Waals surface area contributed by atoms with E-state index in [0.29, 0.717) is 19.1 Å². The largest absolute Gasteiger partial charge is 0.303 e. The first-order valence-electron chi connectivity index (χ1n) is 3.82. The van der Waals surface area contributed by atoms with Crippen molar-refractivity contribution in [3.63, 3.8) is 0 Å². The van der Waals surface area contributed by atoms with Crippen molar-refractivity contribution in [2.45, 2.75) is 12.2 Å². The molecule has 2 fully saturated rings. The molecule has 2 rings (SSSR count). The van der Waals surface area contributed by atoms with Gasteiger partial charge in [-0.1, -0.05) is 0 Å². The average Bonchev–Trinajstić information content (AvgIpc) is 1.74. The van der Waals surface area contributed by atoms with Gasteiger partial charge in [0.05, 0.1) is 0 Å². The van der Waals surface area contributed by atoms with Crippen LogP contribution in [0.5, 0.6) is 0 Å². The standard InChI is InChI=1S/C7H13FN2/c1-9-4-7(5-9)10-2-6(8)3-10/h6-7H,2-5H2,1H3. The molecule has 2 heterocycles. The highest BCUT2D eigenvalue weighted by molar-refractivity contribution is 4.93. The lowest BCUT2D eigenvalue weighted by Gasteiger charge is -2.48. The molecule has 2 saturated heterocycles. The molecule has 0 saturated carbocycles. The monoisotopic (exact) mass is 144 g/mol. The maximum absolute atomic E-state index is 12.3. The number of hydrogen-bond acceptors (Lipinski definition) is 2. The van der Waals surface area contributed by atoms with E-state index in [1.807, 2.05) is 0 Å². The van der Waals surface area contributed by atoms with E-state index in [2.05, 4.69) is 16.8 Å². The molecule has 2 aliphatic rings. The van der Waals surface area contributed by atoms with Crippen LogP contribution in [0, 0.1) is 0 Å². The second-order valence-electron chi connectivity index (χ2n) is 3.43. The fraction of sp³-hybridized carbons (Fsp3) is 1.00. The minimum absolute atomic E-state index is 0.536. The molecular formula is C7H13FN2. The second-order valence-corrected chi connectivity index (χ2v) is 3.43. The van der Waals surface area contributed by atoms with Gasteiger partial charge in [-0.3, -0.25) is 4.90 Å². The predicted octanol–water partition coefficient (Wildman–Crippen LogP) is -0.0459. The number of hydrogen-bond donors (Lipinski definition) is 0. The molecule has 0 aromatic rings. The maximum atomic E-state index is 12.3. The van der Waals surface area contributed by atoms with Crippen molar-refractivity contribution < 1.29 is 4.39 Å². The van der Waals surface area contributed by atoms with Gasteiger partial charge in [-0.25, -0.2) is 4.39 Å². The Labute approximate surface area is 60.6 Å². The number of nitrogens with zero attached hydrogens (tertiary/aromatic N) is 2. The molecule has 0 aromatic heterocycles. The summed E-state index contributed by atoms with van der Waals surface area (Å²) in [5.41, 5.74) is 0. The van der Waals surface area contributed by atoms with E-state index in [-0.39, 0.29) is 0 Å². The molecule has 0 aliphatic carbocycles. The van der Waals surface area contributed by atoms with E-state index >= 15 is 0 Å². The van der Waals surface area contributed by atoms with E-state index in [1.54, 1.807) is 0 Å². The van der Waals surface area contributed by atoms with Crippen LogP contribution >= 0.6 is 0 Å². The van der Waals surface area contributed by atoms with Gasteiger partial charge in [-0.05, 0) is 7.05 Å². The maximum Gasteiger partial charge on any atom is 0.125 e. The molecule has 0 amide bonds. The molecule has 3 heteroatoms. The Morgan fingerprint density at radius 2 is 1.80 bits per heavy atom. The van der Waals surface area contributed by atoms with Crippen LogP contribution in [0.15, 0.2) is 0 Å². The number of likely N-dealkylation sites (N-methyl/N-ethyl adjacent to an activating group) is 1. The summed E-state index contributed by atoms with van der Waals surface area (Å²) in [5.74, 6) is 0. The zero-order chi connectivity index (χ0) is 7.14. The topological polar surface area (TPSA) is 6.48 Å². The van der Waals surface area contributed by atoms with Gasteiger partial charge in [0, 0.05) is 32.2 Å². The SMILES string of the molecule is CN1CC(N2CC(F)C2)C1. The smallest absolute Gasteiger partial charge is 0.125 e. The van der Waals surface area contributed by atoms with Crippen LogP contribution in [-0.2, 0) is 0 Å². The Morgan fingerprint density at radius 3 is 2.20 bits per heavy atom. The second kappa shape index (κ2) is 2.17. The van der Waals surface area contributed by atoms with Crippen LogP contribution in [0.25, 0.3) is 0 Å². The van der Waals surface area contributed by atoms with Gasteiger partial charge in [0.15, 0.2) is 0 Å². The van der Waals surface area contributed by atoms with Crippen LogP contribution < -0.4 is 0 Å². The molecule has 58 valence electrons. The Morgan fingerprint density at radius 1 is 1.20 bits per heavy atom. The Kier molecular flexibility index (Phi) is 1.42. The molecule has 0 aromatic carbocycles. The number of halogens is 1. The van der Waals surface area contributed by atoms with Crippen molar-refractivity contribution in [3.05, 3.63) is 0 Å². The lowest BCUT2D eigenvalue weighted by Crippen LogP contribution is -2.64. The third kappa shape index (κ3) is 0.935. The van der Waals surface area contributed by atoms with Gasteiger partial charge < -0.3 is 4.90 Å². The molecule has 2 aliphatic heterocycles. The molecule has 10 heavy (non-hydrogen) atoms. The van der Waals surface area contributed by atoms with Crippen molar-refractivity contribution in [1.82, 2.24) is 9.80 Å². The number of rotatable bonds is 1. The van der Waals surface area contributed by atoms with Crippen LogP contribution in [0.4, 0.5) is 4.39 Å². The first kappa shape index (κ1) is 6.55. The van der Waals surface area contributed by atoms with Gasteiger partial charge in [0.2, 0.25) is 0 Å². The summed E-state index contributed by atoms with van der Waals surface area (Å²) in [7, 11) is 2.10. The van der Waals surface area contributed by atoms with Crippen LogP contribution in [0.2, 0.25) is 0 Å². The summed E-state index contributed by atoms with van der Waals surface area (Å²) < 4.78 is 12.3. The molecule has 0 radical (unpaired) electrons. The highest BCUT2D eigenvalue weighted by Gasteiger charge is 2.37. The Hall–Kier alpha value is -0.150. The van der Waals surface area contributed by atoms with Gasteiger partial charge in [0.1, 0.15) is 6.17 Å². The predicted molar refractivity (Wildman–Crippen MR) is 37.8 cm³/mol. The summed E-state index contributed by atoms with van der Waals surface area (Å²) in [6, 6.07) is 0.664. The quantitative estimate of drug-likeness (QED) is 0.509. The van der Waals surface area contributed by atoms with E-state index in [0.717, 1.165) is 13.1 Å². The minimum atomic E-state index is -0.536. The fourth-order valence-corrected chi connectivity index (χ4v) is 1.65. The summed E-state index contributed by atoms with van der Waals surface area (Å²) in [4.78, 5) is 4.49. The molecule has 0 bridgehead atoms. The fourth-order valence-electron chi connectivity index (χ4n) is 1.65. The molecule has 2 nitrogen and oxygen atoms in total. The van der Waals surface area contributed by atoms with Crippen LogP contribution in [0.3, 0.4) is 0 Å². The van der Waals surface area contributed by atoms with Gasteiger partial charge in [-0.2, -0.15) is 0 Å². The first-order valence-corrected chi connectivity index (χ1v) is 3.82. The number of likely N-dealkylation sites (tertiary alicyclic amines) is 2. The zero-order valence-corrected chi connectivity index (χ0v) is 6.26. The van der Waals surface area contributed by atoms with Gasteiger partial charge in [0.25, 0.3) is 0 Å². The number of alkyl halides is 1. The third-order valence-electron chi connectivity index (χ3n) is 2.43. The van der Waals surface area contributed by atoms with Crippen molar-refractivity contribution in [3.8, 4) is 0 Å². The van der Waals surface area contributed by atoms with Crippen molar-refractivity contribution in [2.75, 3.05) is 33.2 Å². The lowest BCUT2D eigenvalue weighted by atomic mass is 10.0. The average molecular weight is 144 g/mol. The Balaban J connectivity index is 1.72. The molecular weight excluding hydrogens is 131 g/mol. The normalized spacial score (nSPS) is 31.8. The third-order valence-corrected chi connectivity index (χ3v) is 2.43. The van der Waals surface area contributed by atoms with E-state index in [1.165, 1.54) is 0 Å². The Bertz CT molecular complexity index is 112.